The van der Waals surface area contributed by atoms with Crippen LogP contribution in [0, 0.1) is 0 Å². The van der Waals surface area contributed by atoms with Gasteiger partial charge >= 0.3 is 0 Å². The molecular formula is C38H38FeN2P2-6. The first-order valence-corrected chi connectivity index (χ1v) is 16.8. The first-order valence-electron chi connectivity index (χ1n) is 14.4. The molecule has 4 aromatic carbocycles. The summed E-state index contributed by atoms with van der Waals surface area (Å²) < 4.78 is 0. The van der Waals surface area contributed by atoms with Crippen LogP contribution in [0.5, 0.6) is 0 Å². The molecule has 0 aliphatic heterocycles. The molecule has 0 N–H and O–H groups in total. The largest absolute Gasteiger partial charge is 0.748 e. The van der Waals surface area contributed by atoms with Crippen LogP contribution < -0.4 is 10.9 Å². The van der Waals surface area contributed by atoms with Gasteiger partial charge in [-0.25, -0.2) is 0 Å². The molecule has 0 spiro atoms. The summed E-state index contributed by atoms with van der Waals surface area (Å²) in [5, 5.41) is 0. The van der Waals surface area contributed by atoms with Crippen LogP contribution in [0.15, 0.2) is 140 Å². The molecule has 1 atom stereocenters. The van der Waals surface area contributed by atoms with Crippen LogP contribution in [0.1, 0.15) is 37.5 Å². The molecular weight excluding hydrogens is 602 g/mol. The van der Waals surface area contributed by atoms with Gasteiger partial charge in [0.1, 0.15) is 0 Å². The fourth-order valence-electron chi connectivity index (χ4n) is 5.56. The Kier molecular flexibility index (Phi) is 11.8. The molecule has 2 aromatic heterocycles. The fourth-order valence-corrected chi connectivity index (χ4v) is 8.18. The number of rotatable bonds is 7. The molecule has 0 saturated heterocycles. The maximum absolute atomic E-state index is 4.83. The first kappa shape index (κ1) is 32.7. The summed E-state index contributed by atoms with van der Waals surface area (Å²) in [5.41, 5.74) is 11.8. The van der Waals surface area contributed by atoms with Crippen LogP contribution >= 0.6 is 17.2 Å². The van der Waals surface area contributed by atoms with Crippen molar-refractivity contribution in [2.24, 2.45) is 0 Å². The van der Waals surface area contributed by atoms with Crippen molar-refractivity contribution < 1.29 is 17.1 Å². The van der Waals surface area contributed by atoms with Crippen molar-refractivity contribution in [3.63, 3.8) is 0 Å². The van der Waals surface area contributed by atoms with Crippen molar-refractivity contribution in [2.45, 2.75) is 38.5 Å². The van der Waals surface area contributed by atoms with Gasteiger partial charge in [0.2, 0.25) is 0 Å². The van der Waals surface area contributed by atoms with E-state index in [2.05, 4.69) is 115 Å². The molecule has 0 fully saturated rings. The zero-order valence-electron chi connectivity index (χ0n) is 25.0. The molecule has 2 nitrogen and oxygen atoms in total. The third kappa shape index (κ3) is 7.86. The second-order valence-electron chi connectivity index (χ2n) is 11.2. The number of hydrogen-bond acceptors (Lipinski definition) is 2. The zero-order valence-corrected chi connectivity index (χ0v) is 28.1. The fraction of sp³-hybridized carbons (Fsp3) is 0.158. The average molecular weight is 641 g/mol. The van der Waals surface area contributed by atoms with Gasteiger partial charge in [-0.05, 0) is 43.8 Å². The molecule has 6 rings (SSSR count). The smallest absolute Gasteiger partial charge is 0.0694 e. The normalized spacial score (nSPS) is 11.0. The van der Waals surface area contributed by atoms with E-state index in [1.807, 2.05) is 54.9 Å². The zero-order chi connectivity index (χ0) is 29.4. The van der Waals surface area contributed by atoms with E-state index in [1.54, 1.807) is 0 Å². The predicted octanol–water partition coefficient (Wildman–Crippen LogP) is 9.24. The molecule has 1 unspecified atom stereocenters. The Balaban J connectivity index is 0.000000641. The van der Waals surface area contributed by atoms with Crippen LogP contribution in [0.4, 0.5) is 0 Å². The predicted molar refractivity (Wildman–Crippen MR) is 185 cm³/mol. The van der Waals surface area contributed by atoms with Crippen molar-refractivity contribution in [1.82, 2.24) is 9.97 Å². The summed E-state index contributed by atoms with van der Waals surface area (Å²) >= 11 is 0. The number of pyridine rings is 2. The number of benzene rings is 2. The molecule has 0 amide bonds. The van der Waals surface area contributed by atoms with Crippen LogP contribution in [0.25, 0.3) is 22.3 Å². The van der Waals surface area contributed by atoms with E-state index >= 15 is 0 Å². The van der Waals surface area contributed by atoms with Gasteiger partial charge in [-0.1, -0.05) is 111 Å². The third-order valence-electron chi connectivity index (χ3n) is 7.27. The molecule has 2 heterocycles. The Labute approximate surface area is 271 Å². The minimum atomic E-state index is -0.781. The molecule has 0 aliphatic carbocycles. The minimum Gasteiger partial charge on any atom is -0.748 e. The van der Waals surface area contributed by atoms with Gasteiger partial charge in [-0.2, -0.15) is 0 Å². The van der Waals surface area contributed by atoms with Gasteiger partial charge in [0, 0.05) is 29.5 Å². The Bertz CT molecular complexity index is 1590. The van der Waals surface area contributed by atoms with Crippen molar-refractivity contribution in [1.29, 1.82) is 0 Å². The van der Waals surface area contributed by atoms with Crippen molar-refractivity contribution >= 4 is 28.0 Å². The average Bonchev–Trinajstić information content (AvgIpc) is 3.72. The summed E-state index contributed by atoms with van der Waals surface area (Å²) in [6.07, 6.45) is 5.62. The maximum atomic E-state index is 4.83. The van der Waals surface area contributed by atoms with E-state index < -0.39 is 7.92 Å². The molecule has 0 saturated carbocycles. The van der Waals surface area contributed by atoms with Crippen LogP contribution in [-0.2, 0) is 34.8 Å². The molecule has 6 aromatic rings. The van der Waals surface area contributed by atoms with Gasteiger partial charge < -0.3 is 30.3 Å². The Hall–Kier alpha value is -3.18. The quantitative estimate of drug-likeness (QED) is 0.0988. The van der Waals surface area contributed by atoms with Crippen LogP contribution in [0.3, 0.4) is 0 Å². The molecule has 0 radical (unpaired) electrons. The topological polar surface area (TPSA) is 25.8 Å². The van der Waals surface area contributed by atoms with Gasteiger partial charge in [-0.3, -0.25) is 9.97 Å². The third-order valence-corrected chi connectivity index (χ3v) is 9.95. The monoisotopic (exact) mass is 640 g/mol. The second kappa shape index (κ2) is 15.5. The van der Waals surface area contributed by atoms with Crippen molar-refractivity contribution in [2.75, 3.05) is 0 Å². The van der Waals surface area contributed by atoms with Crippen LogP contribution in [0.2, 0.25) is 0 Å². The number of hydrogen-bond donors (Lipinski definition) is 0. The van der Waals surface area contributed by atoms with Gasteiger partial charge in [-0.15, -0.1) is 37.1 Å². The van der Waals surface area contributed by atoms with Gasteiger partial charge in [0.05, 0.1) is 10.9 Å². The number of nitrogens with zero attached hydrogens (tertiary/aromatic N) is 2. The molecule has 224 valence electrons. The summed E-state index contributed by atoms with van der Waals surface area (Å²) in [7, 11) is 2.24. The Morgan fingerprint density at radius 2 is 1.14 bits per heavy atom. The van der Waals surface area contributed by atoms with E-state index in [-0.39, 0.29) is 22.5 Å². The summed E-state index contributed by atoms with van der Waals surface area (Å²) in [5.74, 6) is 0. The first-order chi connectivity index (χ1) is 20.5. The summed E-state index contributed by atoms with van der Waals surface area (Å²) in [4.78, 5) is 9.66. The van der Waals surface area contributed by atoms with Crippen molar-refractivity contribution in [3.8, 4) is 22.3 Å². The van der Waals surface area contributed by atoms with Crippen molar-refractivity contribution in [3.05, 3.63) is 156 Å². The molecule has 5 heteroatoms. The SMILES string of the molecule is CC(C)(C)[c-]1c(CP(c2ccccn2)c2ccccn2)c(CP)c(-c2ccccc2)c1-c1ccccc1.[Fe].[cH-]1[cH-][cH-][cH-][cH-]1. The maximum Gasteiger partial charge on any atom is 0.0694 e. The van der Waals surface area contributed by atoms with E-state index in [0.29, 0.717) is 0 Å². The van der Waals surface area contributed by atoms with E-state index in [0.717, 1.165) is 23.2 Å². The van der Waals surface area contributed by atoms with Gasteiger partial charge in [0.25, 0.3) is 0 Å². The Morgan fingerprint density at radius 3 is 1.56 bits per heavy atom. The Morgan fingerprint density at radius 1 is 0.674 bits per heavy atom. The summed E-state index contributed by atoms with van der Waals surface area (Å²) in [6.45, 7) is 7.05. The molecule has 0 aliphatic rings. The minimum absolute atomic E-state index is 0. The summed E-state index contributed by atoms with van der Waals surface area (Å²) in [6, 6.07) is 44.3. The second-order valence-corrected chi connectivity index (χ2v) is 13.7. The molecule has 0 bridgehead atoms. The molecule has 43 heavy (non-hydrogen) atoms. The standard InChI is InChI=1S/C33H33N2P2.C5H5.Fe/c1-33(2,3)32-27(23-37(28-18-10-12-20-34-28)29-19-11-13-21-35-29)26(22-36)30(24-14-6-4-7-15-24)31(32)25-16-8-5-9-17-25;1-2-4-5-3-1;/h4-21H,22-23,36H2,1-3H3;1-5H;/q-1;-5;. The van der Waals surface area contributed by atoms with E-state index in [1.165, 1.54) is 38.9 Å². The van der Waals surface area contributed by atoms with Crippen LogP contribution in [-0.4, -0.2) is 9.97 Å². The number of aromatic nitrogens is 2. The van der Waals surface area contributed by atoms with E-state index in [9.17, 15) is 0 Å². The van der Waals surface area contributed by atoms with E-state index in [4.69, 9.17) is 9.97 Å². The van der Waals surface area contributed by atoms with Gasteiger partial charge in [0.15, 0.2) is 0 Å².